The highest BCUT2D eigenvalue weighted by molar-refractivity contribution is 6.01. The number of carbonyl (C=O) groups excluding carboxylic acids is 1. The van der Waals surface area contributed by atoms with E-state index in [0.717, 1.165) is 36.3 Å². The zero-order valence-electron chi connectivity index (χ0n) is 13.7. The van der Waals surface area contributed by atoms with Crippen LogP contribution in [0.2, 0.25) is 0 Å². The first-order valence-corrected chi connectivity index (χ1v) is 8.47. The van der Waals surface area contributed by atoms with Crippen LogP contribution in [0.5, 0.6) is 0 Å². The number of halogens is 2. The molecule has 1 saturated heterocycles. The molecule has 1 atom stereocenters. The summed E-state index contributed by atoms with van der Waals surface area (Å²) in [4.78, 5) is 16.2. The number of para-hydroxylation sites is 1. The maximum atomic E-state index is 14.1. The third-order valence-electron chi connectivity index (χ3n) is 5.08. The average Bonchev–Trinajstić information content (AvgIpc) is 2.96. The van der Waals surface area contributed by atoms with Crippen molar-refractivity contribution < 1.29 is 13.6 Å². The summed E-state index contributed by atoms with van der Waals surface area (Å²) in [7, 11) is 0. The molecule has 2 heterocycles. The molecule has 4 nitrogen and oxygen atoms in total. The van der Waals surface area contributed by atoms with Crippen molar-refractivity contribution in [2.75, 3.05) is 28.6 Å². The van der Waals surface area contributed by atoms with Gasteiger partial charge >= 0.3 is 0 Å². The molecule has 2 N–H and O–H groups in total. The minimum atomic E-state index is -0.711. The van der Waals surface area contributed by atoms with Crippen molar-refractivity contribution in [3.05, 3.63) is 53.6 Å². The van der Waals surface area contributed by atoms with E-state index in [1.807, 2.05) is 23.1 Å². The van der Waals surface area contributed by atoms with Gasteiger partial charge in [0.05, 0.1) is 0 Å². The number of nitrogen functional groups attached to an aromatic ring is 1. The Kier molecular flexibility index (Phi) is 3.82. The van der Waals surface area contributed by atoms with Crippen LogP contribution in [-0.2, 0) is 11.2 Å². The van der Waals surface area contributed by atoms with Crippen molar-refractivity contribution in [1.29, 1.82) is 0 Å². The predicted octanol–water partition coefficient (Wildman–Crippen LogP) is 3.11. The molecule has 2 aliphatic rings. The van der Waals surface area contributed by atoms with E-state index >= 15 is 0 Å². The second kappa shape index (κ2) is 6.02. The van der Waals surface area contributed by atoms with Crippen LogP contribution < -0.4 is 15.5 Å². The smallest absolute Gasteiger partial charge is 0.249 e. The molecule has 130 valence electrons. The van der Waals surface area contributed by atoms with E-state index in [1.165, 1.54) is 23.1 Å². The fourth-order valence-electron chi connectivity index (χ4n) is 3.93. The topological polar surface area (TPSA) is 49.6 Å². The molecule has 2 aromatic carbocycles. The molecule has 4 rings (SSSR count). The number of rotatable bonds is 2. The molecule has 2 aromatic rings. The van der Waals surface area contributed by atoms with Gasteiger partial charge in [-0.15, -0.1) is 0 Å². The van der Waals surface area contributed by atoms with E-state index in [2.05, 4.69) is 0 Å². The largest absolute Gasteiger partial charge is 0.398 e. The Morgan fingerprint density at radius 1 is 1.04 bits per heavy atom. The molecule has 0 aliphatic carbocycles. The van der Waals surface area contributed by atoms with E-state index in [0.29, 0.717) is 13.0 Å². The van der Waals surface area contributed by atoms with Crippen molar-refractivity contribution in [1.82, 2.24) is 0 Å². The Bertz CT molecular complexity index is 819. The van der Waals surface area contributed by atoms with Crippen LogP contribution in [0.1, 0.15) is 18.4 Å². The van der Waals surface area contributed by atoms with Gasteiger partial charge in [-0.1, -0.05) is 12.1 Å². The summed E-state index contributed by atoms with van der Waals surface area (Å²) in [5.41, 5.74) is 8.56. The number of carbonyl (C=O) groups is 1. The highest BCUT2D eigenvalue weighted by atomic mass is 19.1. The van der Waals surface area contributed by atoms with Gasteiger partial charge in [0.15, 0.2) is 0 Å². The molecule has 2 aliphatic heterocycles. The standard InChI is InChI=1S/C19H19F2N3O/c20-13-5-1-6-14(21)18(13)24-11-9-17(19(24)25)23-10-3-4-12-15(22)7-2-8-16(12)23/h1-2,5-8,17H,3-4,9-11,22H2. The summed E-state index contributed by atoms with van der Waals surface area (Å²) in [5.74, 6) is -1.69. The number of amides is 1. The Hall–Kier alpha value is -2.63. The van der Waals surface area contributed by atoms with Crippen molar-refractivity contribution in [3.63, 3.8) is 0 Å². The van der Waals surface area contributed by atoms with Crippen LogP contribution in [-0.4, -0.2) is 25.0 Å². The summed E-state index contributed by atoms with van der Waals surface area (Å²) in [6, 6.07) is 8.94. The van der Waals surface area contributed by atoms with Crippen molar-refractivity contribution in [2.24, 2.45) is 0 Å². The van der Waals surface area contributed by atoms with E-state index < -0.39 is 17.7 Å². The highest BCUT2D eigenvalue weighted by Crippen LogP contribution is 2.36. The van der Waals surface area contributed by atoms with Gasteiger partial charge < -0.3 is 15.5 Å². The highest BCUT2D eigenvalue weighted by Gasteiger charge is 2.40. The molecule has 0 saturated carbocycles. The van der Waals surface area contributed by atoms with E-state index in [9.17, 15) is 13.6 Å². The molecule has 0 aromatic heterocycles. The van der Waals surface area contributed by atoms with Gasteiger partial charge in [0.1, 0.15) is 23.4 Å². The predicted molar refractivity (Wildman–Crippen MR) is 93.6 cm³/mol. The molecular weight excluding hydrogens is 324 g/mol. The summed E-state index contributed by atoms with van der Waals surface area (Å²) in [6.07, 6.45) is 2.31. The zero-order chi connectivity index (χ0) is 17.6. The van der Waals surface area contributed by atoms with Gasteiger partial charge in [0, 0.05) is 24.5 Å². The first kappa shape index (κ1) is 15.9. The lowest BCUT2D eigenvalue weighted by atomic mass is 9.98. The molecule has 1 amide bonds. The van der Waals surface area contributed by atoms with Gasteiger partial charge in [-0.3, -0.25) is 4.79 Å². The minimum absolute atomic E-state index is 0.250. The van der Waals surface area contributed by atoms with Crippen LogP contribution in [0.3, 0.4) is 0 Å². The fraction of sp³-hybridized carbons (Fsp3) is 0.316. The van der Waals surface area contributed by atoms with Crippen molar-refractivity contribution >= 4 is 23.0 Å². The van der Waals surface area contributed by atoms with Gasteiger partial charge in [0.25, 0.3) is 0 Å². The van der Waals surface area contributed by atoms with Gasteiger partial charge in [-0.2, -0.15) is 0 Å². The van der Waals surface area contributed by atoms with E-state index in [-0.39, 0.29) is 11.6 Å². The third kappa shape index (κ3) is 2.52. The van der Waals surface area contributed by atoms with Crippen LogP contribution in [0.25, 0.3) is 0 Å². The van der Waals surface area contributed by atoms with Gasteiger partial charge in [-0.05, 0) is 49.1 Å². The molecule has 1 unspecified atom stereocenters. The lowest BCUT2D eigenvalue weighted by molar-refractivity contribution is -0.118. The average molecular weight is 343 g/mol. The minimum Gasteiger partial charge on any atom is -0.398 e. The molecule has 0 spiro atoms. The van der Waals surface area contributed by atoms with E-state index in [1.54, 1.807) is 0 Å². The fourth-order valence-corrected chi connectivity index (χ4v) is 3.93. The SMILES string of the molecule is Nc1cccc2c1CCCN2C1CCN(c2c(F)cccc2F)C1=O. The Morgan fingerprint density at radius 3 is 2.52 bits per heavy atom. The lowest BCUT2D eigenvalue weighted by Crippen LogP contribution is -2.45. The summed E-state index contributed by atoms with van der Waals surface area (Å²) < 4.78 is 28.1. The second-order valence-corrected chi connectivity index (χ2v) is 6.51. The summed E-state index contributed by atoms with van der Waals surface area (Å²) >= 11 is 0. The molecule has 25 heavy (non-hydrogen) atoms. The number of benzene rings is 2. The lowest BCUT2D eigenvalue weighted by Gasteiger charge is -2.35. The van der Waals surface area contributed by atoms with Crippen molar-refractivity contribution in [3.8, 4) is 0 Å². The normalized spacial score (nSPS) is 20.1. The number of hydrogen-bond acceptors (Lipinski definition) is 3. The maximum absolute atomic E-state index is 14.1. The Morgan fingerprint density at radius 2 is 1.76 bits per heavy atom. The zero-order valence-corrected chi connectivity index (χ0v) is 13.7. The van der Waals surface area contributed by atoms with Crippen molar-refractivity contribution in [2.45, 2.75) is 25.3 Å². The first-order chi connectivity index (χ1) is 12.1. The molecule has 0 radical (unpaired) electrons. The first-order valence-electron chi connectivity index (χ1n) is 8.47. The number of nitrogens with zero attached hydrogens (tertiary/aromatic N) is 2. The number of hydrogen-bond donors (Lipinski definition) is 1. The number of nitrogens with two attached hydrogens (primary N) is 1. The molecule has 0 bridgehead atoms. The maximum Gasteiger partial charge on any atom is 0.249 e. The van der Waals surface area contributed by atoms with E-state index in [4.69, 9.17) is 5.73 Å². The van der Waals surface area contributed by atoms with Crippen LogP contribution in [0.4, 0.5) is 25.8 Å². The molecular formula is C19H19F2N3O. The summed E-state index contributed by atoms with van der Waals surface area (Å²) in [6.45, 7) is 1.04. The van der Waals surface area contributed by atoms with Gasteiger partial charge in [0.2, 0.25) is 5.91 Å². The third-order valence-corrected chi connectivity index (χ3v) is 5.08. The van der Waals surface area contributed by atoms with Crippen LogP contribution >= 0.6 is 0 Å². The van der Waals surface area contributed by atoms with Crippen LogP contribution in [0, 0.1) is 11.6 Å². The summed E-state index contributed by atoms with van der Waals surface area (Å²) in [5, 5.41) is 0. The van der Waals surface area contributed by atoms with Crippen LogP contribution in [0.15, 0.2) is 36.4 Å². The number of fused-ring (bicyclic) bond motifs is 1. The molecule has 1 fully saturated rings. The van der Waals surface area contributed by atoms with Gasteiger partial charge in [-0.25, -0.2) is 8.78 Å². The number of anilines is 3. The monoisotopic (exact) mass is 343 g/mol. The second-order valence-electron chi connectivity index (χ2n) is 6.51. The Labute approximate surface area is 144 Å². The molecule has 6 heteroatoms. The Balaban J connectivity index is 1.67. The quantitative estimate of drug-likeness (QED) is 0.853.